The highest BCUT2D eigenvalue weighted by atomic mass is 35.5. The van der Waals surface area contributed by atoms with Crippen LogP contribution in [0.2, 0.25) is 5.02 Å². The van der Waals surface area contributed by atoms with Crippen molar-refractivity contribution in [3.05, 3.63) is 76.8 Å². The van der Waals surface area contributed by atoms with Crippen molar-refractivity contribution in [2.24, 2.45) is 0 Å². The number of thiophene rings is 1. The molecule has 192 valence electrons. The topological polar surface area (TPSA) is 66.9 Å². The van der Waals surface area contributed by atoms with Crippen molar-refractivity contribution in [1.82, 2.24) is 4.90 Å². The van der Waals surface area contributed by atoms with Gasteiger partial charge < -0.3 is 9.42 Å². The zero-order valence-corrected chi connectivity index (χ0v) is 22.5. The van der Waals surface area contributed by atoms with E-state index in [4.69, 9.17) is 16.1 Å². The maximum atomic E-state index is 14.0. The van der Waals surface area contributed by atoms with E-state index in [9.17, 15) is 22.9 Å². The quantitative estimate of drug-likeness (QED) is 0.257. The molecule has 0 aliphatic rings. The average molecular weight is 555 g/mol. The monoisotopic (exact) mass is 554 g/mol. The van der Waals surface area contributed by atoms with E-state index < -0.39 is 37.2 Å². The van der Waals surface area contributed by atoms with E-state index in [1.54, 1.807) is 23.6 Å². The van der Waals surface area contributed by atoms with Crippen LogP contribution in [0.5, 0.6) is 0 Å². The van der Waals surface area contributed by atoms with Crippen LogP contribution in [0.25, 0.3) is 10.1 Å². The van der Waals surface area contributed by atoms with Gasteiger partial charge in [0.05, 0.1) is 5.69 Å². The second kappa shape index (κ2) is 11.6. The first kappa shape index (κ1) is 28.0. The van der Waals surface area contributed by atoms with Crippen LogP contribution in [0.3, 0.4) is 0 Å². The Morgan fingerprint density at radius 2 is 1.86 bits per heavy atom. The summed E-state index contributed by atoms with van der Waals surface area (Å²) in [5.41, 5.74) is -0.992. The van der Waals surface area contributed by atoms with Crippen LogP contribution in [-0.2, 0) is 18.7 Å². The number of fused-ring (bicyclic) bond motifs is 1. The second-order valence-electron chi connectivity index (χ2n) is 7.97. The number of hydrogen-bond donors (Lipinski definition) is 0. The predicted octanol–water partition coefficient (Wildman–Crippen LogP) is 6.84. The van der Waals surface area contributed by atoms with Gasteiger partial charge in [-0.05, 0) is 60.5 Å². The Bertz CT molecular complexity index is 1340. The molecule has 2 atom stereocenters. The lowest BCUT2D eigenvalue weighted by Crippen LogP contribution is -2.34. The molecule has 0 aliphatic carbocycles. The van der Waals surface area contributed by atoms with Gasteiger partial charge >= 0.3 is 0 Å². The van der Waals surface area contributed by atoms with E-state index in [2.05, 4.69) is 6.58 Å². The van der Waals surface area contributed by atoms with E-state index in [-0.39, 0.29) is 11.6 Å². The fourth-order valence-corrected chi connectivity index (χ4v) is 6.83. The summed E-state index contributed by atoms with van der Waals surface area (Å²) in [6.07, 6.45) is 1.13. The zero-order valence-electron chi connectivity index (χ0n) is 20.0. The van der Waals surface area contributed by atoms with Gasteiger partial charge in [0.2, 0.25) is 19.2 Å². The Balaban J connectivity index is 2.09. The number of carbonyl (C=O) groups is 2. The summed E-state index contributed by atoms with van der Waals surface area (Å²) in [6, 6.07) is 8.07. The molecule has 2 unspecified atom stereocenters. The highest BCUT2D eigenvalue weighted by Gasteiger charge is 2.41. The number of anilines is 1. The normalized spacial score (nSPS) is 13.7. The lowest BCUT2D eigenvalue weighted by molar-refractivity contribution is -0.133. The molecule has 3 aromatic rings. The van der Waals surface area contributed by atoms with Gasteiger partial charge in [0.15, 0.2) is 11.6 Å². The molecule has 0 radical (unpaired) electrons. The first-order valence-electron chi connectivity index (χ1n) is 11.1. The molecule has 0 saturated heterocycles. The summed E-state index contributed by atoms with van der Waals surface area (Å²) in [4.78, 5) is 29.0. The van der Waals surface area contributed by atoms with Gasteiger partial charge in [-0.3, -0.25) is 19.1 Å². The van der Waals surface area contributed by atoms with Gasteiger partial charge in [0, 0.05) is 41.7 Å². The highest BCUT2D eigenvalue weighted by Crippen LogP contribution is 2.59. The molecule has 11 heteroatoms. The van der Waals surface area contributed by atoms with Crippen LogP contribution in [0.4, 0.5) is 14.5 Å². The van der Waals surface area contributed by atoms with Gasteiger partial charge in [0.1, 0.15) is 12.3 Å². The first-order chi connectivity index (χ1) is 17.0. The second-order valence-corrected chi connectivity index (χ2v) is 11.9. The molecule has 0 N–H and O–H groups in total. The number of amides is 2. The third-order valence-corrected chi connectivity index (χ3v) is 9.02. The van der Waals surface area contributed by atoms with Crippen LogP contribution in [0.1, 0.15) is 25.1 Å². The van der Waals surface area contributed by atoms with Gasteiger partial charge in [-0.1, -0.05) is 18.2 Å². The number of nitrogens with zero attached hydrogens (tertiary/aromatic N) is 2. The minimum atomic E-state index is -3.88. The van der Waals surface area contributed by atoms with Crippen molar-refractivity contribution >= 4 is 57.9 Å². The summed E-state index contributed by atoms with van der Waals surface area (Å²) in [5.74, 6) is -3.34. The molecule has 0 bridgehead atoms. The van der Waals surface area contributed by atoms with Crippen LogP contribution in [0.15, 0.2) is 54.6 Å². The van der Waals surface area contributed by atoms with Crippen molar-refractivity contribution < 1.29 is 27.5 Å². The summed E-state index contributed by atoms with van der Waals surface area (Å²) in [7, 11) is -3.88. The molecule has 2 amide bonds. The Kier molecular flexibility index (Phi) is 9.06. The Labute approximate surface area is 217 Å². The predicted molar refractivity (Wildman–Crippen MR) is 141 cm³/mol. The molecule has 0 saturated carbocycles. The number of hydrogen-bond acceptors (Lipinski definition) is 5. The Hall–Kier alpha value is -2.58. The van der Waals surface area contributed by atoms with E-state index >= 15 is 0 Å². The van der Waals surface area contributed by atoms with Crippen molar-refractivity contribution in [2.45, 2.75) is 19.5 Å². The maximum Gasteiger partial charge on any atom is 0.249 e. The van der Waals surface area contributed by atoms with Crippen molar-refractivity contribution in [3.63, 3.8) is 0 Å². The van der Waals surface area contributed by atoms with Crippen LogP contribution < -0.4 is 4.90 Å². The van der Waals surface area contributed by atoms with Gasteiger partial charge in [0.25, 0.3) is 0 Å². The maximum absolute atomic E-state index is 14.0. The smallest absolute Gasteiger partial charge is 0.249 e. The summed E-state index contributed by atoms with van der Waals surface area (Å²) in [5, 5.41) is 2.70. The third-order valence-electron chi connectivity index (χ3n) is 5.72. The van der Waals surface area contributed by atoms with Crippen molar-refractivity contribution in [2.75, 3.05) is 31.3 Å². The number of halogens is 3. The van der Waals surface area contributed by atoms with Crippen LogP contribution in [-0.4, -0.2) is 43.1 Å². The average Bonchev–Trinajstić information content (AvgIpc) is 3.23. The summed E-state index contributed by atoms with van der Waals surface area (Å²) >= 11 is 7.52. The molecule has 0 aliphatic heterocycles. The van der Waals surface area contributed by atoms with Crippen molar-refractivity contribution in [3.8, 4) is 0 Å². The Morgan fingerprint density at radius 1 is 1.17 bits per heavy atom. The number of likely N-dealkylation sites (N-methyl/N-ethyl adjacent to an activating group) is 1. The minimum Gasteiger partial charge on any atom is -0.341 e. The lowest BCUT2D eigenvalue weighted by atomic mass is 10.1. The van der Waals surface area contributed by atoms with Gasteiger partial charge in [-0.25, -0.2) is 8.78 Å². The summed E-state index contributed by atoms with van der Waals surface area (Å²) < 4.78 is 48.0. The standard InChI is InChI=1S/C25H26ClF2N2O4PS/c1-5-29(6-2)23(31)14-34-35(4,33)24(19-15-36-22-11-8-16(26)12-18(19)22)25(32)30(7-3)17-9-10-20(27)21(28)13-17/h7-13,15,24H,3,5-6,14H2,1-2,4H3. The van der Waals surface area contributed by atoms with Crippen molar-refractivity contribution in [1.29, 1.82) is 0 Å². The summed E-state index contributed by atoms with van der Waals surface area (Å²) in [6.45, 7) is 8.94. The number of carbonyl (C=O) groups excluding carboxylic acids is 2. The molecular weight excluding hydrogens is 529 g/mol. The molecule has 0 fully saturated rings. The molecular formula is C25H26ClF2N2O4PS. The van der Waals surface area contributed by atoms with E-state index in [0.717, 1.165) is 27.9 Å². The van der Waals surface area contributed by atoms with Gasteiger partial charge in [-0.2, -0.15) is 0 Å². The first-order valence-corrected chi connectivity index (χ1v) is 14.5. The molecule has 6 nitrogen and oxygen atoms in total. The number of benzene rings is 2. The highest BCUT2D eigenvalue weighted by molar-refractivity contribution is 7.59. The fourth-order valence-electron chi connectivity index (χ4n) is 3.83. The lowest BCUT2D eigenvalue weighted by Gasteiger charge is -2.29. The third kappa shape index (κ3) is 5.86. The fraction of sp³-hybridized carbons (Fsp3) is 0.280. The zero-order chi connectivity index (χ0) is 26.6. The molecule has 3 rings (SSSR count). The van der Waals surface area contributed by atoms with E-state index in [1.807, 2.05) is 13.8 Å². The van der Waals surface area contributed by atoms with Gasteiger partial charge in [-0.15, -0.1) is 11.3 Å². The van der Waals surface area contributed by atoms with Crippen LogP contribution in [0, 0.1) is 11.6 Å². The molecule has 1 aromatic heterocycles. The molecule has 36 heavy (non-hydrogen) atoms. The minimum absolute atomic E-state index is 0.00400. The molecule has 2 aromatic carbocycles. The Morgan fingerprint density at radius 3 is 2.47 bits per heavy atom. The van der Waals surface area contributed by atoms with E-state index in [1.165, 1.54) is 29.0 Å². The largest absolute Gasteiger partial charge is 0.341 e. The number of rotatable bonds is 10. The molecule has 1 heterocycles. The van der Waals surface area contributed by atoms with Crippen LogP contribution >= 0.6 is 30.3 Å². The van der Waals surface area contributed by atoms with E-state index in [0.29, 0.717) is 29.1 Å². The SMILES string of the molecule is C=CN(C(=O)C(c1csc2ccc(Cl)cc12)P(C)(=O)OCC(=O)N(CC)CC)c1ccc(F)c(F)c1. The molecule has 0 spiro atoms.